The molecule has 1 saturated carbocycles. The lowest BCUT2D eigenvalue weighted by Crippen LogP contribution is -2.31. The van der Waals surface area contributed by atoms with E-state index in [1.807, 2.05) is 6.07 Å². The van der Waals surface area contributed by atoms with Gasteiger partial charge < -0.3 is 4.90 Å². The highest BCUT2D eigenvalue weighted by molar-refractivity contribution is 6.17. The summed E-state index contributed by atoms with van der Waals surface area (Å²) < 4.78 is 13.4. The number of hydrogen-bond donors (Lipinski definition) is 0. The number of nitrogens with zero attached hydrogens (tertiary/aromatic N) is 1. The van der Waals surface area contributed by atoms with Crippen LogP contribution in [0.25, 0.3) is 0 Å². The highest BCUT2D eigenvalue weighted by atomic mass is 35.5. The molecule has 0 amide bonds. The van der Waals surface area contributed by atoms with Crippen LogP contribution < -0.4 is 4.90 Å². The quantitative estimate of drug-likeness (QED) is 0.714. The normalized spacial score (nSPS) is 27.8. The SMILES string of the molecule is Fc1cc(CCl)cc(N2CC3CCC2C3)c1. The number of hydrogen-bond acceptors (Lipinski definition) is 1. The molecule has 1 heterocycles. The van der Waals surface area contributed by atoms with E-state index in [9.17, 15) is 4.39 Å². The highest BCUT2D eigenvalue weighted by Gasteiger charge is 2.37. The van der Waals surface area contributed by atoms with Gasteiger partial charge in [-0.2, -0.15) is 0 Å². The Morgan fingerprint density at radius 2 is 2.19 bits per heavy atom. The van der Waals surface area contributed by atoms with Crippen LogP contribution in [0.2, 0.25) is 0 Å². The molecule has 3 rings (SSSR count). The molecule has 2 atom stereocenters. The van der Waals surface area contributed by atoms with E-state index in [0.29, 0.717) is 11.9 Å². The summed E-state index contributed by atoms with van der Waals surface area (Å²) in [6.45, 7) is 1.09. The average Bonchev–Trinajstić information content (AvgIpc) is 2.89. The summed E-state index contributed by atoms with van der Waals surface area (Å²) in [5, 5.41) is 0. The van der Waals surface area contributed by atoms with Gasteiger partial charge in [0, 0.05) is 24.2 Å². The minimum atomic E-state index is -0.170. The Morgan fingerprint density at radius 1 is 1.31 bits per heavy atom. The molecular weight excluding hydrogens is 225 g/mol. The number of anilines is 1. The van der Waals surface area contributed by atoms with Crippen molar-refractivity contribution in [3.63, 3.8) is 0 Å². The molecule has 2 unspecified atom stereocenters. The third-order valence-electron chi connectivity index (χ3n) is 3.84. The predicted octanol–water partition coefficient (Wildman–Crippen LogP) is 3.55. The maximum atomic E-state index is 13.4. The molecule has 2 aliphatic rings. The van der Waals surface area contributed by atoms with Crippen LogP contribution in [0.3, 0.4) is 0 Å². The predicted molar refractivity (Wildman–Crippen MR) is 64.4 cm³/mol. The number of fused-ring (bicyclic) bond motifs is 2. The number of halogens is 2. The van der Waals surface area contributed by atoms with E-state index in [0.717, 1.165) is 23.7 Å². The van der Waals surface area contributed by atoms with Gasteiger partial charge in [0.2, 0.25) is 0 Å². The Bertz CT molecular complexity index is 407. The Labute approximate surface area is 100 Å². The van der Waals surface area contributed by atoms with E-state index in [1.54, 1.807) is 6.07 Å². The lowest BCUT2D eigenvalue weighted by Gasteiger charge is -2.29. The molecule has 1 nitrogen and oxygen atoms in total. The van der Waals surface area contributed by atoms with Crippen LogP contribution in [-0.2, 0) is 5.88 Å². The van der Waals surface area contributed by atoms with Crippen LogP contribution in [0.1, 0.15) is 24.8 Å². The van der Waals surface area contributed by atoms with Crippen molar-refractivity contribution in [1.82, 2.24) is 0 Å². The lowest BCUT2D eigenvalue weighted by molar-refractivity contribution is 0.551. The van der Waals surface area contributed by atoms with Crippen molar-refractivity contribution in [2.45, 2.75) is 31.2 Å². The molecule has 2 fully saturated rings. The molecule has 1 aromatic carbocycles. The Balaban J connectivity index is 1.91. The molecular formula is C13H15ClFN. The molecule has 1 aliphatic carbocycles. The summed E-state index contributed by atoms with van der Waals surface area (Å²) in [4.78, 5) is 2.35. The summed E-state index contributed by atoms with van der Waals surface area (Å²) in [5.41, 5.74) is 1.89. The molecule has 1 aromatic rings. The van der Waals surface area contributed by atoms with Crippen LogP contribution >= 0.6 is 11.6 Å². The van der Waals surface area contributed by atoms with Gasteiger partial charge >= 0.3 is 0 Å². The maximum absolute atomic E-state index is 13.4. The van der Waals surface area contributed by atoms with Crippen LogP contribution in [-0.4, -0.2) is 12.6 Å². The van der Waals surface area contributed by atoms with Gasteiger partial charge in [-0.3, -0.25) is 0 Å². The summed E-state index contributed by atoms with van der Waals surface area (Å²) in [6.07, 6.45) is 3.89. The standard InChI is InChI=1S/C13H15ClFN/c14-7-10-3-11(15)6-13(5-10)16-8-9-1-2-12(16)4-9/h3,5-6,9,12H,1-2,4,7-8H2. The number of piperidine rings is 1. The van der Waals surface area contributed by atoms with Gasteiger partial charge in [0.05, 0.1) is 0 Å². The van der Waals surface area contributed by atoms with E-state index in [1.165, 1.54) is 25.3 Å². The number of rotatable bonds is 2. The van der Waals surface area contributed by atoms with Crippen molar-refractivity contribution in [3.05, 3.63) is 29.6 Å². The largest absolute Gasteiger partial charge is 0.368 e. The van der Waals surface area contributed by atoms with Gasteiger partial charge in [-0.05, 0) is 48.9 Å². The summed E-state index contributed by atoms with van der Waals surface area (Å²) in [6, 6.07) is 5.81. The van der Waals surface area contributed by atoms with E-state index in [2.05, 4.69) is 4.90 Å². The fourth-order valence-electron chi connectivity index (χ4n) is 3.12. The van der Waals surface area contributed by atoms with Crippen molar-refractivity contribution in [2.75, 3.05) is 11.4 Å². The Kier molecular flexibility index (Phi) is 2.55. The average molecular weight is 240 g/mol. The van der Waals surface area contributed by atoms with Crippen LogP contribution in [0, 0.1) is 11.7 Å². The molecule has 0 radical (unpaired) electrons. The van der Waals surface area contributed by atoms with Gasteiger partial charge in [-0.1, -0.05) is 0 Å². The molecule has 0 aromatic heterocycles. The van der Waals surface area contributed by atoms with Crippen LogP contribution in [0.4, 0.5) is 10.1 Å². The van der Waals surface area contributed by atoms with E-state index in [4.69, 9.17) is 11.6 Å². The molecule has 0 N–H and O–H groups in total. The molecule has 1 saturated heterocycles. The van der Waals surface area contributed by atoms with Gasteiger partial charge in [0.15, 0.2) is 0 Å². The van der Waals surface area contributed by atoms with Gasteiger partial charge in [-0.25, -0.2) is 4.39 Å². The number of alkyl halides is 1. The van der Waals surface area contributed by atoms with E-state index in [-0.39, 0.29) is 5.82 Å². The second kappa shape index (κ2) is 3.92. The molecule has 3 heteroatoms. The van der Waals surface area contributed by atoms with Gasteiger partial charge in [0.25, 0.3) is 0 Å². The minimum Gasteiger partial charge on any atom is -0.368 e. The molecule has 1 aliphatic heterocycles. The zero-order valence-electron chi connectivity index (χ0n) is 9.13. The van der Waals surface area contributed by atoms with Crippen molar-refractivity contribution in [2.24, 2.45) is 5.92 Å². The smallest absolute Gasteiger partial charge is 0.125 e. The summed E-state index contributed by atoms with van der Waals surface area (Å²) in [5.74, 6) is 1.04. The highest BCUT2D eigenvalue weighted by Crippen LogP contribution is 2.40. The van der Waals surface area contributed by atoms with Crippen molar-refractivity contribution >= 4 is 17.3 Å². The monoisotopic (exact) mass is 239 g/mol. The minimum absolute atomic E-state index is 0.170. The van der Waals surface area contributed by atoms with Gasteiger partial charge in [0.1, 0.15) is 5.82 Å². The zero-order chi connectivity index (χ0) is 11.1. The van der Waals surface area contributed by atoms with Gasteiger partial charge in [-0.15, -0.1) is 11.6 Å². The van der Waals surface area contributed by atoms with E-state index >= 15 is 0 Å². The first-order valence-corrected chi connectivity index (χ1v) is 6.42. The topological polar surface area (TPSA) is 3.24 Å². The third kappa shape index (κ3) is 1.69. The lowest BCUT2D eigenvalue weighted by atomic mass is 10.1. The van der Waals surface area contributed by atoms with Crippen molar-refractivity contribution in [3.8, 4) is 0 Å². The molecule has 0 spiro atoms. The first-order valence-electron chi connectivity index (χ1n) is 5.88. The molecule has 2 bridgehead atoms. The number of benzene rings is 1. The zero-order valence-corrected chi connectivity index (χ0v) is 9.88. The van der Waals surface area contributed by atoms with E-state index < -0.39 is 0 Å². The van der Waals surface area contributed by atoms with Crippen LogP contribution in [0.15, 0.2) is 18.2 Å². The summed E-state index contributed by atoms with van der Waals surface area (Å²) >= 11 is 5.77. The summed E-state index contributed by atoms with van der Waals surface area (Å²) in [7, 11) is 0. The van der Waals surface area contributed by atoms with Crippen molar-refractivity contribution < 1.29 is 4.39 Å². The molecule has 16 heavy (non-hydrogen) atoms. The second-order valence-corrected chi connectivity index (χ2v) is 5.20. The maximum Gasteiger partial charge on any atom is 0.125 e. The Morgan fingerprint density at radius 3 is 2.81 bits per heavy atom. The first kappa shape index (κ1) is 10.4. The van der Waals surface area contributed by atoms with Crippen LogP contribution in [0.5, 0.6) is 0 Å². The Hall–Kier alpha value is -0.760. The molecule has 86 valence electrons. The third-order valence-corrected chi connectivity index (χ3v) is 4.15. The fourth-order valence-corrected chi connectivity index (χ4v) is 3.27. The first-order chi connectivity index (χ1) is 7.76. The second-order valence-electron chi connectivity index (χ2n) is 4.94. The fraction of sp³-hybridized carbons (Fsp3) is 0.538. The van der Waals surface area contributed by atoms with Crippen molar-refractivity contribution in [1.29, 1.82) is 0 Å².